The average Bonchev–Trinajstić information content (AvgIpc) is 1.84. The summed E-state index contributed by atoms with van der Waals surface area (Å²) in [6.07, 6.45) is 0.487. The summed E-state index contributed by atoms with van der Waals surface area (Å²) in [4.78, 5) is 0. The lowest BCUT2D eigenvalue weighted by atomic mass is 10.5. The summed E-state index contributed by atoms with van der Waals surface area (Å²) in [5.41, 5.74) is 0. The molecule has 0 aliphatic carbocycles. The van der Waals surface area contributed by atoms with Crippen molar-refractivity contribution in [2.24, 2.45) is 0 Å². The average molecular weight is 175 g/mol. The Morgan fingerprint density at radius 3 is 1.55 bits per heavy atom. The molecule has 0 fully saturated rings. The molecule has 0 unspecified atom stereocenters. The van der Waals surface area contributed by atoms with E-state index in [1.165, 1.54) is 0 Å². The molecule has 0 aliphatic rings. The molecular weight excluding hydrogens is 156 g/mol. The third kappa shape index (κ3) is 6.53. The Hall–Kier alpha value is 0.137. The minimum Gasteiger partial charge on any atom is -0.354 e. The Labute approximate surface area is 72.1 Å². The van der Waals surface area contributed by atoms with Gasteiger partial charge in [-0.2, -0.15) is 0 Å². The van der Waals surface area contributed by atoms with E-state index in [9.17, 15) is 0 Å². The van der Waals surface area contributed by atoms with Gasteiger partial charge in [-0.1, -0.05) is 6.55 Å². The normalized spacial score (nSPS) is 13.1. The van der Waals surface area contributed by atoms with Crippen LogP contribution in [0.5, 0.6) is 0 Å². The Bertz CT molecular complexity index is 84.1. The van der Waals surface area contributed by atoms with Crippen molar-refractivity contribution in [1.29, 1.82) is 0 Å². The molecule has 2 nitrogen and oxygen atoms in total. The zero-order valence-corrected chi connectivity index (χ0v) is 9.38. The van der Waals surface area contributed by atoms with Crippen LogP contribution in [0.4, 0.5) is 0 Å². The van der Waals surface area contributed by atoms with Crippen LogP contribution in [0.15, 0.2) is 0 Å². The lowest BCUT2D eigenvalue weighted by Crippen LogP contribution is -2.28. The molecule has 0 heterocycles. The van der Waals surface area contributed by atoms with E-state index in [0.29, 0.717) is 0 Å². The standard InChI is InChI=1S/C8H19O2Si/c1-6(2)9-8(11-5)10-7(3)4/h6-8H,5,11H2,1-4H3. The van der Waals surface area contributed by atoms with Crippen molar-refractivity contribution in [3.05, 3.63) is 6.55 Å². The number of hydrogen-bond acceptors (Lipinski definition) is 2. The summed E-state index contributed by atoms with van der Waals surface area (Å²) in [5.74, 6) is -0.00463. The van der Waals surface area contributed by atoms with Crippen LogP contribution in [0.2, 0.25) is 0 Å². The van der Waals surface area contributed by atoms with Crippen molar-refractivity contribution in [2.45, 2.75) is 45.8 Å². The van der Waals surface area contributed by atoms with E-state index in [4.69, 9.17) is 9.47 Å². The fourth-order valence-corrected chi connectivity index (χ4v) is 1.82. The molecule has 3 heteroatoms. The first-order valence-corrected chi connectivity index (χ1v) is 5.98. The summed E-state index contributed by atoms with van der Waals surface area (Å²) in [7, 11) is -0.452. The summed E-state index contributed by atoms with van der Waals surface area (Å²) in [6.45, 7) is 11.9. The van der Waals surface area contributed by atoms with Crippen molar-refractivity contribution in [3.8, 4) is 0 Å². The summed E-state index contributed by atoms with van der Waals surface area (Å²) in [5, 5.41) is 0. The molecule has 1 radical (unpaired) electrons. The van der Waals surface area contributed by atoms with Gasteiger partial charge in [0.05, 0.1) is 21.7 Å². The fourth-order valence-electron chi connectivity index (χ4n) is 0.775. The van der Waals surface area contributed by atoms with E-state index in [1.807, 2.05) is 27.7 Å². The van der Waals surface area contributed by atoms with Crippen LogP contribution in [0.25, 0.3) is 0 Å². The lowest BCUT2D eigenvalue weighted by molar-refractivity contribution is -0.133. The maximum Gasteiger partial charge on any atom is 0.135 e. The Kier molecular flexibility index (Phi) is 5.82. The SMILES string of the molecule is [CH2][SiH2]C(OC(C)C)OC(C)C. The van der Waals surface area contributed by atoms with Crippen LogP contribution < -0.4 is 0 Å². The van der Waals surface area contributed by atoms with Gasteiger partial charge in [0.2, 0.25) is 0 Å². The molecule has 0 bridgehead atoms. The van der Waals surface area contributed by atoms with E-state index in [-0.39, 0.29) is 18.1 Å². The molecular formula is C8H19O2Si. The topological polar surface area (TPSA) is 18.5 Å². The quantitative estimate of drug-likeness (QED) is 0.460. The van der Waals surface area contributed by atoms with E-state index in [2.05, 4.69) is 6.55 Å². The minimum atomic E-state index is -0.452. The Balaban J connectivity index is 3.58. The predicted octanol–water partition coefficient (Wildman–Crippen LogP) is 1.08. The summed E-state index contributed by atoms with van der Waals surface area (Å²) >= 11 is 0. The fraction of sp³-hybridized carbons (Fsp3) is 0.875. The predicted molar refractivity (Wildman–Crippen MR) is 50.1 cm³/mol. The van der Waals surface area contributed by atoms with Crippen molar-refractivity contribution in [3.63, 3.8) is 0 Å². The van der Waals surface area contributed by atoms with E-state index in [0.717, 1.165) is 0 Å². The van der Waals surface area contributed by atoms with E-state index >= 15 is 0 Å². The van der Waals surface area contributed by atoms with Crippen molar-refractivity contribution >= 4 is 9.52 Å². The number of ether oxygens (including phenoxy) is 2. The molecule has 11 heavy (non-hydrogen) atoms. The van der Waals surface area contributed by atoms with Crippen LogP contribution in [0.1, 0.15) is 27.7 Å². The van der Waals surface area contributed by atoms with Gasteiger partial charge in [0.15, 0.2) is 0 Å². The van der Waals surface area contributed by atoms with Gasteiger partial charge in [-0.3, -0.25) is 0 Å². The van der Waals surface area contributed by atoms with Crippen LogP contribution in [-0.4, -0.2) is 27.6 Å². The molecule has 0 saturated heterocycles. The van der Waals surface area contributed by atoms with Gasteiger partial charge in [-0.05, 0) is 27.7 Å². The Morgan fingerprint density at radius 2 is 1.36 bits per heavy atom. The summed E-state index contributed by atoms with van der Waals surface area (Å²) in [6, 6.07) is 0. The molecule has 0 aromatic heterocycles. The molecule has 67 valence electrons. The molecule has 0 aliphatic heterocycles. The lowest BCUT2D eigenvalue weighted by Gasteiger charge is -2.21. The molecule has 0 rings (SSSR count). The number of rotatable bonds is 5. The highest BCUT2D eigenvalue weighted by Gasteiger charge is 2.10. The van der Waals surface area contributed by atoms with Gasteiger partial charge in [-0.15, -0.1) is 0 Å². The first-order chi connectivity index (χ1) is 5.06. The minimum absolute atomic E-state index is 0.00463. The second kappa shape index (κ2) is 5.74. The molecule has 0 aromatic rings. The van der Waals surface area contributed by atoms with Crippen molar-refractivity contribution in [1.82, 2.24) is 0 Å². The molecule has 0 saturated carbocycles. The van der Waals surface area contributed by atoms with Crippen LogP contribution in [0, 0.1) is 6.55 Å². The van der Waals surface area contributed by atoms with Crippen LogP contribution in [0.3, 0.4) is 0 Å². The molecule has 0 amide bonds. The van der Waals surface area contributed by atoms with Gasteiger partial charge >= 0.3 is 0 Å². The third-order valence-corrected chi connectivity index (χ3v) is 1.94. The zero-order chi connectivity index (χ0) is 8.85. The third-order valence-electron chi connectivity index (χ3n) is 1.08. The van der Waals surface area contributed by atoms with E-state index in [1.54, 1.807) is 0 Å². The van der Waals surface area contributed by atoms with Gasteiger partial charge in [-0.25, -0.2) is 0 Å². The van der Waals surface area contributed by atoms with Gasteiger partial charge < -0.3 is 9.47 Å². The first kappa shape index (κ1) is 11.1. The first-order valence-electron chi connectivity index (χ1n) is 4.16. The maximum atomic E-state index is 5.49. The Morgan fingerprint density at radius 1 is 1.00 bits per heavy atom. The highest BCUT2D eigenvalue weighted by molar-refractivity contribution is 6.38. The molecule has 0 aromatic carbocycles. The van der Waals surface area contributed by atoms with Crippen LogP contribution >= 0.6 is 0 Å². The monoisotopic (exact) mass is 175 g/mol. The molecule has 0 N–H and O–H groups in total. The van der Waals surface area contributed by atoms with Gasteiger partial charge in [0.1, 0.15) is 5.91 Å². The highest BCUT2D eigenvalue weighted by atomic mass is 28.2. The second-order valence-corrected chi connectivity index (χ2v) is 4.33. The second-order valence-electron chi connectivity index (χ2n) is 3.09. The molecule has 0 atom stereocenters. The highest BCUT2D eigenvalue weighted by Crippen LogP contribution is 2.01. The van der Waals surface area contributed by atoms with Crippen LogP contribution in [-0.2, 0) is 9.47 Å². The smallest absolute Gasteiger partial charge is 0.135 e. The van der Waals surface area contributed by atoms with E-state index < -0.39 is 9.52 Å². The molecule has 0 spiro atoms. The van der Waals surface area contributed by atoms with Crippen molar-refractivity contribution in [2.75, 3.05) is 0 Å². The van der Waals surface area contributed by atoms with Gasteiger partial charge in [0, 0.05) is 0 Å². The maximum absolute atomic E-state index is 5.49. The van der Waals surface area contributed by atoms with Crippen molar-refractivity contribution < 1.29 is 9.47 Å². The van der Waals surface area contributed by atoms with Gasteiger partial charge in [0.25, 0.3) is 0 Å². The zero-order valence-electron chi connectivity index (χ0n) is 7.96. The summed E-state index contributed by atoms with van der Waals surface area (Å²) < 4.78 is 11.0. The largest absolute Gasteiger partial charge is 0.354 e. The number of hydrogen-bond donors (Lipinski definition) is 0.